The highest BCUT2D eigenvalue weighted by Gasteiger charge is 2.23. The number of aromatic nitrogens is 3. The molecule has 3 aromatic rings. The lowest BCUT2D eigenvalue weighted by molar-refractivity contribution is 0.0344. The molecule has 0 bridgehead atoms. The minimum Gasteiger partial charge on any atom is -0.381 e. The average molecular weight is 488 g/mol. The number of likely N-dealkylation sites (tertiary alicyclic amines) is 1. The van der Waals surface area contributed by atoms with Gasteiger partial charge in [-0.25, -0.2) is 13.5 Å². The molecule has 0 amide bonds. The molecule has 0 radical (unpaired) electrons. The Morgan fingerprint density at radius 2 is 1.71 bits per heavy atom. The zero-order valence-corrected chi connectivity index (χ0v) is 19.9. The second-order valence-electron chi connectivity index (χ2n) is 9.24. The van der Waals surface area contributed by atoms with Crippen molar-refractivity contribution < 1.29 is 16.4 Å². The molecule has 0 spiro atoms. The van der Waals surface area contributed by atoms with Crippen LogP contribution in [-0.4, -0.2) is 83.1 Å². The number of halogens is 2. The van der Waals surface area contributed by atoms with Crippen LogP contribution in [0.3, 0.4) is 0 Å². The number of nitrogens with zero attached hydrogens (tertiary/aromatic N) is 5. The summed E-state index contributed by atoms with van der Waals surface area (Å²) in [7, 11) is 0. The molecule has 1 atom stereocenters. The van der Waals surface area contributed by atoms with E-state index in [4.69, 9.17) is 4.74 Å². The fourth-order valence-electron chi connectivity index (χ4n) is 4.68. The zero-order valence-electron chi connectivity index (χ0n) is 19.9. The van der Waals surface area contributed by atoms with E-state index >= 15 is 0 Å². The van der Waals surface area contributed by atoms with Gasteiger partial charge in [-0.05, 0) is 49.2 Å². The highest BCUT2D eigenvalue weighted by atomic mass is 19.1. The van der Waals surface area contributed by atoms with E-state index < -0.39 is 11.6 Å². The lowest BCUT2D eigenvalue weighted by Gasteiger charge is -2.28. The van der Waals surface area contributed by atoms with Crippen LogP contribution in [-0.2, 0) is 4.74 Å². The first-order chi connectivity index (χ1) is 17.0. The lowest BCUT2D eigenvalue weighted by atomic mass is 10.1. The third-order valence-electron chi connectivity index (χ3n) is 6.42. The number of anilines is 3. The van der Waals surface area contributed by atoms with E-state index in [9.17, 15) is 8.78 Å². The van der Waals surface area contributed by atoms with Gasteiger partial charge in [0.2, 0.25) is 5.95 Å². The van der Waals surface area contributed by atoms with Crippen LogP contribution in [0.4, 0.5) is 26.1 Å². The zero-order chi connectivity index (χ0) is 24.2. The van der Waals surface area contributed by atoms with Gasteiger partial charge >= 0.3 is 0 Å². The van der Waals surface area contributed by atoms with Crippen molar-refractivity contribution in [3.63, 3.8) is 0 Å². The summed E-state index contributed by atoms with van der Waals surface area (Å²) < 4.78 is 33.9. The maximum Gasteiger partial charge on any atom is 0.246 e. The summed E-state index contributed by atoms with van der Waals surface area (Å²) in [5, 5.41) is 11.2. The second kappa shape index (κ2) is 10.7. The highest BCUT2D eigenvalue weighted by molar-refractivity contribution is 5.63. The molecule has 0 aliphatic carbocycles. The predicted octanol–water partition coefficient (Wildman–Crippen LogP) is 3.91. The number of ether oxygens (including phenoxy) is 1. The van der Waals surface area contributed by atoms with Gasteiger partial charge in [0.05, 0.1) is 18.9 Å². The fourth-order valence-corrected chi connectivity index (χ4v) is 4.68. The Bertz CT molecular complexity index is 1140. The quantitative estimate of drug-likeness (QED) is 0.499. The third kappa shape index (κ3) is 6.33. The van der Waals surface area contributed by atoms with Gasteiger partial charge in [0, 0.05) is 65.6 Å². The smallest absolute Gasteiger partial charge is 0.246 e. The summed E-state index contributed by atoms with van der Waals surface area (Å²) in [4.78, 5) is 9.23. The molecule has 2 fully saturated rings. The molecule has 5 rings (SSSR count). The van der Waals surface area contributed by atoms with Crippen molar-refractivity contribution in [3.05, 3.63) is 59.9 Å². The number of hydrogen-bond acceptors (Lipinski definition) is 7. The van der Waals surface area contributed by atoms with Crippen molar-refractivity contribution >= 4 is 17.3 Å². The summed E-state index contributed by atoms with van der Waals surface area (Å²) in [5.41, 5.74) is 3.26. The number of rotatable bonds is 8. The Kier molecular flexibility index (Phi) is 7.21. The van der Waals surface area contributed by atoms with Crippen LogP contribution in [0, 0.1) is 18.6 Å². The van der Waals surface area contributed by atoms with Gasteiger partial charge in [0.1, 0.15) is 18.0 Å². The first kappa shape index (κ1) is 23.7. The molecule has 1 unspecified atom stereocenters. The Balaban J connectivity index is 0.00000190. The molecule has 2 saturated heterocycles. The van der Waals surface area contributed by atoms with Crippen molar-refractivity contribution in [1.82, 2.24) is 24.6 Å². The van der Waals surface area contributed by atoms with Crippen LogP contribution in [0.25, 0.3) is 5.69 Å². The van der Waals surface area contributed by atoms with Crippen LogP contribution in [0.2, 0.25) is 0 Å². The molecule has 2 aliphatic rings. The molecular weight excluding hydrogens is 452 g/mol. The SMILES string of the molecule is Cc1cc(Nc2ncn(-c3cc(F)cc(F)c3)n2)cc(NC2CCN(CCN3CCOCC3)C2)c1.[HH].[HH]. The average Bonchev–Trinajstić information content (AvgIpc) is 3.47. The van der Waals surface area contributed by atoms with Gasteiger partial charge in [-0.1, -0.05) is 0 Å². The van der Waals surface area contributed by atoms with Gasteiger partial charge in [-0.3, -0.25) is 9.80 Å². The fraction of sp³-hybridized carbons (Fsp3) is 0.440. The van der Waals surface area contributed by atoms with Crippen molar-refractivity contribution in [3.8, 4) is 5.69 Å². The van der Waals surface area contributed by atoms with Crippen molar-refractivity contribution in [2.45, 2.75) is 19.4 Å². The summed E-state index contributed by atoms with van der Waals surface area (Å²) in [6, 6.07) is 9.82. The van der Waals surface area contributed by atoms with Gasteiger partial charge in [0.25, 0.3) is 0 Å². The first-order valence-electron chi connectivity index (χ1n) is 12.1. The summed E-state index contributed by atoms with van der Waals surface area (Å²) in [5.74, 6) is -0.974. The maximum absolute atomic E-state index is 13.5. The van der Waals surface area contributed by atoms with Gasteiger partial charge in [-0.15, -0.1) is 5.10 Å². The Morgan fingerprint density at radius 1 is 0.971 bits per heavy atom. The topological polar surface area (TPSA) is 70.5 Å². The monoisotopic (exact) mass is 487 g/mol. The molecule has 2 N–H and O–H groups in total. The van der Waals surface area contributed by atoms with E-state index in [0.29, 0.717) is 12.0 Å². The summed E-state index contributed by atoms with van der Waals surface area (Å²) in [6.07, 6.45) is 2.53. The number of hydrogen-bond donors (Lipinski definition) is 2. The summed E-state index contributed by atoms with van der Waals surface area (Å²) >= 11 is 0. The standard InChI is InChI=1S/C25H31F2N7O.2H2/c1-18-10-22(29-21-2-3-33(16-21)5-4-32-6-8-35-9-7-32)15-23(11-18)30-25-28-17-34(31-25)24-13-19(26)12-20(27)14-24;;/h10-15,17,21,29H,2-9,16H2,1H3,(H,30,31);2*1H. The summed E-state index contributed by atoms with van der Waals surface area (Å²) in [6.45, 7) is 10.1. The highest BCUT2D eigenvalue weighted by Crippen LogP contribution is 2.24. The molecule has 3 heterocycles. The van der Waals surface area contributed by atoms with Gasteiger partial charge in [0.15, 0.2) is 0 Å². The van der Waals surface area contributed by atoms with Crippen LogP contribution in [0.15, 0.2) is 42.7 Å². The number of nitrogens with one attached hydrogen (secondary N) is 2. The Morgan fingerprint density at radius 3 is 2.51 bits per heavy atom. The normalized spacial score (nSPS) is 19.2. The third-order valence-corrected chi connectivity index (χ3v) is 6.42. The minimum atomic E-state index is -0.661. The van der Waals surface area contributed by atoms with Crippen molar-refractivity contribution in [2.75, 3.05) is 63.1 Å². The van der Waals surface area contributed by atoms with Gasteiger partial charge < -0.3 is 15.4 Å². The lowest BCUT2D eigenvalue weighted by Crippen LogP contribution is -2.41. The van der Waals surface area contributed by atoms with E-state index in [1.165, 1.54) is 23.1 Å². The molecule has 190 valence electrons. The molecule has 2 aromatic carbocycles. The number of aryl methyl sites for hydroxylation is 1. The van der Waals surface area contributed by atoms with E-state index in [1.807, 2.05) is 19.1 Å². The maximum atomic E-state index is 13.5. The Hall–Kier alpha value is -3.08. The van der Waals surface area contributed by atoms with Crippen molar-refractivity contribution in [2.24, 2.45) is 0 Å². The van der Waals surface area contributed by atoms with Crippen molar-refractivity contribution in [1.29, 1.82) is 0 Å². The van der Waals surface area contributed by atoms with Crippen LogP contribution >= 0.6 is 0 Å². The molecule has 1 aromatic heterocycles. The van der Waals surface area contributed by atoms with Crippen LogP contribution in [0.5, 0.6) is 0 Å². The van der Waals surface area contributed by atoms with E-state index in [1.54, 1.807) is 0 Å². The molecule has 2 aliphatic heterocycles. The minimum absolute atomic E-state index is 0. The number of morpholine rings is 1. The van der Waals surface area contributed by atoms with E-state index in [-0.39, 0.29) is 8.54 Å². The number of benzene rings is 2. The first-order valence-corrected chi connectivity index (χ1v) is 12.1. The van der Waals surface area contributed by atoms with E-state index in [2.05, 4.69) is 36.6 Å². The molecule has 35 heavy (non-hydrogen) atoms. The van der Waals surface area contributed by atoms with E-state index in [0.717, 1.165) is 81.9 Å². The van der Waals surface area contributed by atoms with Crippen LogP contribution < -0.4 is 10.6 Å². The molecular formula is C25H35F2N7O. The Labute approximate surface area is 206 Å². The predicted molar refractivity (Wildman–Crippen MR) is 136 cm³/mol. The largest absolute Gasteiger partial charge is 0.381 e. The molecule has 8 nitrogen and oxygen atoms in total. The molecule has 0 saturated carbocycles. The van der Waals surface area contributed by atoms with Crippen LogP contribution in [0.1, 0.15) is 14.8 Å². The second-order valence-corrected chi connectivity index (χ2v) is 9.24. The molecule has 10 heteroatoms. The van der Waals surface area contributed by atoms with Gasteiger partial charge in [-0.2, -0.15) is 4.98 Å².